The molecule has 2 aliphatic rings. The Bertz CT molecular complexity index is 1670. The van der Waals surface area contributed by atoms with Crippen LogP contribution in [0, 0.1) is 5.95 Å². The monoisotopic (exact) mass is 556 g/mol. The Morgan fingerprint density at radius 1 is 1.07 bits per heavy atom. The minimum absolute atomic E-state index is 0.0790. The van der Waals surface area contributed by atoms with Crippen molar-refractivity contribution in [3.05, 3.63) is 59.3 Å². The third-order valence-electron chi connectivity index (χ3n) is 7.56. The number of hydrogen-bond donors (Lipinski definition) is 0. The van der Waals surface area contributed by atoms with Gasteiger partial charge in [0.15, 0.2) is 5.65 Å². The van der Waals surface area contributed by atoms with Crippen LogP contribution in [0.3, 0.4) is 0 Å². The first-order valence-corrected chi connectivity index (χ1v) is 12.5. The lowest BCUT2D eigenvalue weighted by atomic mass is 9.85. The third kappa shape index (κ3) is 4.11. The maximum absolute atomic E-state index is 14.7. The van der Waals surface area contributed by atoms with E-state index in [1.165, 1.54) is 20.4 Å². The predicted octanol–water partition coefficient (Wildman–Crippen LogP) is 4.80. The summed E-state index contributed by atoms with van der Waals surface area (Å²) < 4.78 is 66.3. The highest BCUT2D eigenvalue weighted by Crippen LogP contribution is 2.57. The highest BCUT2D eigenvalue weighted by Gasteiger charge is 2.49. The molecule has 1 aromatic carbocycles. The Kier molecular flexibility index (Phi) is 5.75. The first-order valence-electron chi connectivity index (χ1n) is 12.5. The standard InChI is InChI=1S/C27H24F4N6O3/c1-26(2)18-6-5-13(7-20(18)36(24(26)38)12-27(29,30)31)14-8-15(14)16-9-19(35-37-21(28)11-32-22(16)37)17-10-33-25(40-4)34-23(17)39-3/h5-7,9-11,14-15H,8,12H2,1-4H3/t14-,15?/m1/s1. The van der Waals surface area contributed by atoms with Crippen LogP contribution >= 0.6 is 0 Å². The van der Waals surface area contributed by atoms with Gasteiger partial charge in [0, 0.05) is 17.4 Å². The molecule has 1 aliphatic heterocycles. The van der Waals surface area contributed by atoms with Gasteiger partial charge in [0.25, 0.3) is 0 Å². The number of carbonyl (C=O) groups is 1. The SMILES string of the molecule is COc1ncc(-c2cc(C3C[C@@H]3c3ccc4c(c3)N(CC(F)(F)F)C(=O)C4(C)C)c3ncc(F)n3n2)c(OC)n1. The number of alkyl halides is 3. The van der Waals surface area contributed by atoms with Crippen molar-refractivity contribution in [3.63, 3.8) is 0 Å². The van der Waals surface area contributed by atoms with Crippen molar-refractivity contribution in [2.24, 2.45) is 0 Å². The summed E-state index contributed by atoms with van der Waals surface area (Å²) in [5.41, 5.74) is 2.34. The summed E-state index contributed by atoms with van der Waals surface area (Å²) in [5.74, 6) is -1.26. The third-order valence-corrected chi connectivity index (χ3v) is 7.56. The summed E-state index contributed by atoms with van der Waals surface area (Å²) in [7, 11) is 2.85. The Morgan fingerprint density at radius 3 is 2.55 bits per heavy atom. The molecule has 1 saturated carbocycles. The normalized spacial score (nSPS) is 19.7. The molecule has 0 saturated heterocycles. The molecule has 4 aromatic rings. The number of carbonyl (C=O) groups excluding carboxylic acids is 1. The van der Waals surface area contributed by atoms with Gasteiger partial charge in [-0.2, -0.15) is 32.2 Å². The topological polar surface area (TPSA) is 94.7 Å². The van der Waals surface area contributed by atoms with Gasteiger partial charge in [-0.05, 0) is 55.4 Å². The van der Waals surface area contributed by atoms with Crippen LogP contribution in [0.15, 0.2) is 36.7 Å². The van der Waals surface area contributed by atoms with Crippen LogP contribution < -0.4 is 14.4 Å². The van der Waals surface area contributed by atoms with Gasteiger partial charge in [-0.1, -0.05) is 12.1 Å². The lowest BCUT2D eigenvalue weighted by molar-refractivity contribution is -0.134. The van der Waals surface area contributed by atoms with E-state index in [0.29, 0.717) is 34.5 Å². The highest BCUT2D eigenvalue weighted by molar-refractivity contribution is 6.07. The molecule has 1 amide bonds. The smallest absolute Gasteiger partial charge is 0.406 e. The van der Waals surface area contributed by atoms with Crippen molar-refractivity contribution in [3.8, 4) is 23.1 Å². The number of anilines is 1. The minimum atomic E-state index is -4.54. The molecule has 1 aliphatic carbocycles. The molecular formula is C27H24F4N6O3. The molecule has 0 radical (unpaired) electrons. The molecule has 3 aromatic heterocycles. The Balaban J connectivity index is 1.40. The van der Waals surface area contributed by atoms with Crippen LogP contribution in [0.5, 0.6) is 11.9 Å². The van der Waals surface area contributed by atoms with E-state index in [4.69, 9.17) is 9.47 Å². The molecule has 40 heavy (non-hydrogen) atoms. The van der Waals surface area contributed by atoms with Crippen LogP contribution in [0.1, 0.15) is 48.8 Å². The van der Waals surface area contributed by atoms with Crippen molar-refractivity contribution in [2.45, 2.75) is 43.7 Å². The number of nitrogens with zero attached hydrogens (tertiary/aromatic N) is 6. The van der Waals surface area contributed by atoms with E-state index in [1.807, 2.05) is 6.07 Å². The number of benzene rings is 1. The number of rotatable bonds is 6. The second kappa shape index (κ2) is 8.86. The van der Waals surface area contributed by atoms with Crippen molar-refractivity contribution in [1.82, 2.24) is 24.6 Å². The molecular weight excluding hydrogens is 532 g/mol. The largest absolute Gasteiger partial charge is 0.480 e. The van der Waals surface area contributed by atoms with Crippen LogP contribution in [-0.2, 0) is 10.2 Å². The molecule has 1 fully saturated rings. The van der Waals surface area contributed by atoms with Gasteiger partial charge < -0.3 is 14.4 Å². The molecule has 13 heteroatoms. The van der Waals surface area contributed by atoms with E-state index in [0.717, 1.165) is 21.2 Å². The fourth-order valence-electron chi connectivity index (χ4n) is 5.49. The highest BCUT2D eigenvalue weighted by atomic mass is 19.4. The van der Waals surface area contributed by atoms with Crippen LogP contribution in [-0.4, -0.2) is 57.4 Å². The van der Waals surface area contributed by atoms with E-state index in [-0.39, 0.29) is 29.4 Å². The molecule has 4 heterocycles. The molecule has 1 unspecified atom stereocenters. The van der Waals surface area contributed by atoms with Gasteiger partial charge in [-0.15, -0.1) is 0 Å². The van der Waals surface area contributed by atoms with Crippen LogP contribution in [0.25, 0.3) is 16.9 Å². The zero-order chi connectivity index (χ0) is 28.6. The number of hydrogen-bond acceptors (Lipinski definition) is 7. The number of ether oxygens (including phenoxy) is 2. The maximum Gasteiger partial charge on any atom is 0.406 e. The Labute approximate surface area is 225 Å². The fourth-order valence-corrected chi connectivity index (χ4v) is 5.49. The zero-order valence-electron chi connectivity index (χ0n) is 22.0. The number of halogens is 4. The van der Waals surface area contributed by atoms with Gasteiger partial charge in [0.05, 0.1) is 37.1 Å². The number of fused-ring (bicyclic) bond motifs is 2. The molecule has 0 bridgehead atoms. The van der Waals surface area contributed by atoms with E-state index in [9.17, 15) is 22.4 Å². The van der Waals surface area contributed by atoms with Gasteiger partial charge in [0.2, 0.25) is 17.7 Å². The fraction of sp³-hybridized carbons (Fsp3) is 0.370. The van der Waals surface area contributed by atoms with E-state index < -0.39 is 30.0 Å². The van der Waals surface area contributed by atoms with Crippen molar-refractivity contribution >= 4 is 17.2 Å². The lowest BCUT2D eigenvalue weighted by Gasteiger charge is -2.21. The van der Waals surface area contributed by atoms with E-state index in [1.54, 1.807) is 32.0 Å². The van der Waals surface area contributed by atoms with Gasteiger partial charge in [0.1, 0.15) is 6.54 Å². The van der Waals surface area contributed by atoms with Gasteiger partial charge in [-0.25, -0.2) is 9.97 Å². The van der Waals surface area contributed by atoms with Gasteiger partial charge in [-0.3, -0.25) is 4.79 Å². The number of amides is 1. The zero-order valence-corrected chi connectivity index (χ0v) is 22.0. The van der Waals surface area contributed by atoms with E-state index in [2.05, 4.69) is 20.1 Å². The second-order valence-electron chi connectivity index (χ2n) is 10.4. The molecule has 0 N–H and O–H groups in total. The number of methoxy groups -OCH3 is 2. The second-order valence-corrected chi connectivity index (χ2v) is 10.4. The average molecular weight is 557 g/mol. The van der Waals surface area contributed by atoms with Crippen LogP contribution in [0.4, 0.5) is 23.2 Å². The summed E-state index contributed by atoms with van der Waals surface area (Å²) in [5, 5.41) is 4.38. The van der Waals surface area contributed by atoms with Crippen molar-refractivity contribution in [1.29, 1.82) is 0 Å². The van der Waals surface area contributed by atoms with Crippen molar-refractivity contribution < 1.29 is 31.8 Å². The Morgan fingerprint density at radius 2 is 1.85 bits per heavy atom. The summed E-state index contributed by atoms with van der Waals surface area (Å²) in [6.07, 6.45) is -1.34. The number of imidazole rings is 1. The number of aromatic nitrogens is 5. The average Bonchev–Trinajstić information content (AvgIpc) is 3.61. The first-order chi connectivity index (χ1) is 18.9. The van der Waals surface area contributed by atoms with Gasteiger partial charge >= 0.3 is 12.2 Å². The summed E-state index contributed by atoms with van der Waals surface area (Å²) in [6.45, 7) is 1.90. The summed E-state index contributed by atoms with van der Waals surface area (Å²) in [6, 6.07) is 7.12. The Hall–Kier alpha value is -4.29. The van der Waals surface area contributed by atoms with Crippen LogP contribution in [0.2, 0.25) is 0 Å². The summed E-state index contributed by atoms with van der Waals surface area (Å²) >= 11 is 0. The quantitative estimate of drug-likeness (QED) is 0.315. The van der Waals surface area contributed by atoms with E-state index >= 15 is 0 Å². The molecule has 9 nitrogen and oxygen atoms in total. The maximum atomic E-state index is 14.7. The van der Waals surface area contributed by atoms with Crippen molar-refractivity contribution in [2.75, 3.05) is 25.7 Å². The molecule has 2 atom stereocenters. The molecule has 6 rings (SSSR count). The summed E-state index contributed by atoms with van der Waals surface area (Å²) in [4.78, 5) is 26.2. The minimum Gasteiger partial charge on any atom is -0.480 e. The predicted molar refractivity (Wildman–Crippen MR) is 135 cm³/mol. The lowest BCUT2D eigenvalue weighted by Crippen LogP contribution is -2.41. The molecule has 208 valence electrons. The molecule has 0 spiro atoms. The first kappa shape index (κ1) is 26.0.